The summed E-state index contributed by atoms with van der Waals surface area (Å²) in [6.07, 6.45) is 0.874. The summed E-state index contributed by atoms with van der Waals surface area (Å²) in [6, 6.07) is 2.07. The number of thiophene rings is 1. The lowest BCUT2D eigenvalue weighted by Gasteiger charge is -2.10. The summed E-state index contributed by atoms with van der Waals surface area (Å²) < 4.78 is 1.19. The van der Waals surface area contributed by atoms with E-state index in [0.29, 0.717) is 5.92 Å². The smallest absolute Gasteiger partial charge is 0.0434 e. The average molecular weight is 278 g/mol. The van der Waals surface area contributed by atoms with Gasteiger partial charge in [-0.2, -0.15) is 0 Å². The summed E-state index contributed by atoms with van der Waals surface area (Å²) in [5, 5.41) is 14.2. The third-order valence-electron chi connectivity index (χ3n) is 2.09. The molecule has 0 aliphatic carbocycles. The highest BCUT2D eigenvalue weighted by molar-refractivity contribution is 9.10. The Balaban J connectivity index is 2.19. The van der Waals surface area contributed by atoms with Gasteiger partial charge in [-0.3, -0.25) is 0 Å². The lowest BCUT2D eigenvalue weighted by Crippen LogP contribution is -2.21. The molecule has 0 saturated heterocycles. The van der Waals surface area contributed by atoms with E-state index in [1.54, 1.807) is 11.3 Å². The molecule has 1 rings (SSSR count). The van der Waals surface area contributed by atoms with Crippen LogP contribution in [0.25, 0.3) is 0 Å². The normalized spacial score (nSPS) is 13.1. The van der Waals surface area contributed by atoms with Gasteiger partial charge in [0.25, 0.3) is 0 Å². The van der Waals surface area contributed by atoms with Crippen molar-refractivity contribution in [3.05, 3.63) is 20.8 Å². The Hall–Kier alpha value is 0.100. The van der Waals surface area contributed by atoms with Gasteiger partial charge in [0.2, 0.25) is 0 Å². The Kier molecular flexibility index (Phi) is 5.70. The molecule has 0 aliphatic heterocycles. The quantitative estimate of drug-likeness (QED) is 0.838. The molecular weight excluding hydrogens is 262 g/mol. The molecule has 0 bridgehead atoms. The second-order valence-electron chi connectivity index (χ2n) is 3.44. The van der Waals surface area contributed by atoms with E-state index >= 15 is 0 Å². The summed E-state index contributed by atoms with van der Waals surface area (Å²) in [5.74, 6) is 0.540. The van der Waals surface area contributed by atoms with Crippen LogP contribution in [-0.4, -0.2) is 18.3 Å². The Labute approximate surface area is 97.5 Å². The molecule has 2 N–H and O–H groups in total. The first-order valence-corrected chi connectivity index (χ1v) is 6.44. The number of rotatable bonds is 6. The zero-order valence-corrected chi connectivity index (χ0v) is 10.7. The fourth-order valence-corrected chi connectivity index (χ4v) is 2.67. The monoisotopic (exact) mass is 277 g/mol. The van der Waals surface area contributed by atoms with Crippen LogP contribution >= 0.6 is 27.3 Å². The lowest BCUT2D eigenvalue weighted by atomic mass is 10.1. The van der Waals surface area contributed by atoms with Crippen LogP contribution in [0.2, 0.25) is 0 Å². The molecule has 0 fully saturated rings. The first kappa shape index (κ1) is 12.2. The summed E-state index contributed by atoms with van der Waals surface area (Å²) >= 11 is 5.25. The largest absolute Gasteiger partial charge is 0.396 e. The van der Waals surface area contributed by atoms with Gasteiger partial charge in [0, 0.05) is 22.5 Å². The third kappa shape index (κ3) is 4.09. The lowest BCUT2D eigenvalue weighted by molar-refractivity contribution is 0.260. The van der Waals surface area contributed by atoms with E-state index in [9.17, 15) is 0 Å². The second kappa shape index (κ2) is 6.56. The summed E-state index contributed by atoms with van der Waals surface area (Å²) in [5.41, 5.74) is 0. The number of aliphatic hydroxyl groups is 1. The fourth-order valence-electron chi connectivity index (χ4n) is 1.21. The molecule has 4 heteroatoms. The molecular formula is C10H16BrNOS. The van der Waals surface area contributed by atoms with Gasteiger partial charge in [0.05, 0.1) is 0 Å². The molecule has 1 heterocycles. The van der Waals surface area contributed by atoms with Gasteiger partial charge in [-0.15, -0.1) is 11.3 Å². The zero-order chi connectivity index (χ0) is 10.4. The fraction of sp³-hybridized carbons (Fsp3) is 0.600. The Bertz CT molecular complexity index is 264. The van der Waals surface area contributed by atoms with Gasteiger partial charge in [0.1, 0.15) is 0 Å². The first-order valence-electron chi connectivity index (χ1n) is 4.77. The molecule has 0 spiro atoms. The van der Waals surface area contributed by atoms with Crippen LogP contribution in [0, 0.1) is 5.92 Å². The number of nitrogens with one attached hydrogen (secondary N) is 1. The maximum absolute atomic E-state index is 8.73. The Morgan fingerprint density at radius 3 is 3.00 bits per heavy atom. The van der Waals surface area contributed by atoms with Crippen LogP contribution in [0.15, 0.2) is 15.9 Å². The van der Waals surface area contributed by atoms with Gasteiger partial charge >= 0.3 is 0 Å². The SMILES string of the molecule is CC(CCO)CNCc1sccc1Br. The highest BCUT2D eigenvalue weighted by atomic mass is 79.9. The average Bonchev–Trinajstić information content (AvgIpc) is 2.52. The van der Waals surface area contributed by atoms with Crippen molar-refractivity contribution in [1.82, 2.24) is 5.32 Å². The Morgan fingerprint density at radius 2 is 2.43 bits per heavy atom. The third-order valence-corrected chi connectivity index (χ3v) is 4.02. The van der Waals surface area contributed by atoms with Crippen LogP contribution in [0.5, 0.6) is 0 Å². The predicted octanol–water partition coefficient (Wildman–Crippen LogP) is 2.62. The first-order chi connectivity index (χ1) is 6.74. The zero-order valence-electron chi connectivity index (χ0n) is 8.29. The highest BCUT2D eigenvalue weighted by Gasteiger charge is 2.03. The van der Waals surface area contributed by atoms with Crippen molar-refractivity contribution in [2.24, 2.45) is 5.92 Å². The van der Waals surface area contributed by atoms with E-state index in [-0.39, 0.29) is 6.61 Å². The van der Waals surface area contributed by atoms with Crippen molar-refractivity contribution in [1.29, 1.82) is 0 Å². The highest BCUT2D eigenvalue weighted by Crippen LogP contribution is 2.22. The van der Waals surface area contributed by atoms with Crippen LogP contribution in [-0.2, 0) is 6.54 Å². The Morgan fingerprint density at radius 1 is 1.64 bits per heavy atom. The molecule has 0 aliphatic rings. The molecule has 0 saturated carbocycles. The number of hydrogen-bond acceptors (Lipinski definition) is 3. The van der Waals surface area contributed by atoms with Crippen LogP contribution in [0.1, 0.15) is 18.2 Å². The van der Waals surface area contributed by atoms with Crippen molar-refractivity contribution in [3.8, 4) is 0 Å². The summed E-state index contributed by atoms with van der Waals surface area (Å²) in [7, 11) is 0. The minimum Gasteiger partial charge on any atom is -0.396 e. The van der Waals surface area contributed by atoms with Crippen molar-refractivity contribution in [3.63, 3.8) is 0 Å². The minimum atomic E-state index is 0.283. The van der Waals surface area contributed by atoms with Gasteiger partial charge in [0.15, 0.2) is 0 Å². The molecule has 80 valence electrons. The maximum atomic E-state index is 8.73. The minimum absolute atomic E-state index is 0.283. The van der Waals surface area contributed by atoms with E-state index in [0.717, 1.165) is 19.5 Å². The predicted molar refractivity (Wildman–Crippen MR) is 64.6 cm³/mol. The molecule has 1 atom stereocenters. The van der Waals surface area contributed by atoms with E-state index in [1.165, 1.54) is 9.35 Å². The van der Waals surface area contributed by atoms with Gasteiger partial charge in [-0.25, -0.2) is 0 Å². The second-order valence-corrected chi connectivity index (χ2v) is 5.30. The van der Waals surface area contributed by atoms with Crippen molar-refractivity contribution in [2.75, 3.05) is 13.2 Å². The van der Waals surface area contributed by atoms with E-state index in [4.69, 9.17) is 5.11 Å². The molecule has 1 aromatic heterocycles. The molecule has 1 aromatic rings. The van der Waals surface area contributed by atoms with Crippen LogP contribution in [0.4, 0.5) is 0 Å². The van der Waals surface area contributed by atoms with E-state index in [1.807, 2.05) is 0 Å². The number of hydrogen-bond donors (Lipinski definition) is 2. The van der Waals surface area contributed by atoms with Gasteiger partial charge in [-0.05, 0) is 46.3 Å². The number of halogens is 1. The van der Waals surface area contributed by atoms with Crippen molar-refractivity contribution in [2.45, 2.75) is 19.9 Å². The van der Waals surface area contributed by atoms with E-state index in [2.05, 4.69) is 39.6 Å². The topological polar surface area (TPSA) is 32.3 Å². The van der Waals surface area contributed by atoms with Gasteiger partial charge in [-0.1, -0.05) is 6.92 Å². The standard InChI is InChI=1S/C10H16BrNOS/c1-8(2-4-13)6-12-7-10-9(11)3-5-14-10/h3,5,8,12-13H,2,4,6-7H2,1H3. The van der Waals surface area contributed by atoms with Crippen molar-refractivity contribution >= 4 is 27.3 Å². The maximum Gasteiger partial charge on any atom is 0.0434 e. The van der Waals surface area contributed by atoms with Crippen LogP contribution in [0.3, 0.4) is 0 Å². The van der Waals surface area contributed by atoms with E-state index < -0.39 is 0 Å². The van der Waals surface area contributed by atoms with Gasteiger partial charge < -0.3 is 10.4 Å². The molecule has 0 aromatic carbocycles. The summed E-state index contributed by atoms with van der Waals surface area (Å²) in [4.78, 5) is 1.33. The summed E-state index contributed by atoms with van der Waals surface area (Å²) in [6.45, 7) is 4.30. The molecule has 1 unspecified atom stereocenters. The molecule has 2 nitrogen and oxygen atoms in total. The molecule has 14 heavy (non-hydrogen) atoms. The molecule has 0 radical (unpaired) electrons. The molecule has 0 amide bonds. The number of aliphatic hydroxyl groups excluding tert-OH is 1. The van der Waals surface area contributed by atoms with Crippen LogP contribution < -0.4 is 5.32 Å². The van der Waals surface area contributed by atoms with Crippen molar-refractivity contribution < 1.29 is 5.11 Å².